The summed E-state index contributed by atoms with van der Waals surface area (Å²) in [6.07, 6.45) is 8.11. The number of ether oxygens (including phenoxy) is 2. The van der Waals surface area contributed by atoms with Crippen molar-refractivity contribution < 1.29 is 9.47 Å². The predicted octanol–water partition coefficient (Wildman–Crippen LogP) is 3.94. The van der Waals surface area contributed by atoms with Crippen LogP contribution in [0.15, 0.2) is 30.3 Å². The normalized spacial score (nSPS) is 16.9. The SMILES string of the molecule is c1ccc(COCCCOC2CCCCC2)cc1. The van der Waals surface area contributed by atoms with Crippen molar-refractivity contribution in [3.63, 3.8) is 0 Å². The van der Waals surface area contributed by atoms with E-state index in [4.69, 9.17) is 9.47 Å². The summed E-state index contributed by atoms with van der Waals surface area (Å²) < 4.78 is 11.5. The maximum atomic E-state index is 5.86. The highest BCUT2D eigenvalue weighted by atomic mass is 16.5. The van der Waals surface area contributed by atoms with Crippen LogP contribution in [0, 0.1) is 0 Å². The summed E-state index contributed by atoms with van der Waals surface area (Å²) in [6, 6.07) is 10.3. The number of benzene rings is 1. The standard InChI is InChI=1S/C16H24O2/c1-3-8-15(9-4-1)14-17-12-7-13-18-16-10-5-2-6-11-16/h1,3-4,8-9,16H,2,5-7,10-14H2. The molecule has 1 aromatic rings. The van der Waals surface area contributed by atoms with Gasteiger partial charge in [-0.05, 0) is 24.8 Å². The van der Waals surface area contributed by atoms with Gasteiger partial charge >= 0.3 is 0 Å². The highest BCUT2D eigenvalue weighted by Gasteiger charge is 2.12. The molecule has 100 valence electrons. The molecule has 0 unspecified atom stereocenters. The lowest BCUT2D eigenvalue weighted by atomic mass is 9.98. The lowest BCUT2D eigenvalue weighted by Gasteiger charge is -2.21. The van der Waals surface area contributed by atoms with Crippen molar-refractivity contribution in [1.82, 2.24) is 0 Å². The van der Waals surface area contributed by atoms with Gasteiger partial charge in [0.25, 0.3) is 0 Å². The first kappa shape index (κ1) is 13.6. The zero-order valence-electron chi connectivity index (χ0n) is 11.1. The van der Waals surface area contributed by atoms with Gasteiger partial charge in [0, 0.05) is 13.2 Å². The van der Waals surface area contributed by atoms with Crippen molar-refractivity contribution in [3.8, 4) is 0 Å². The average molecular weight is 248 g/mol. The van der Waals surface area contributed by atoms with E-state index in [1.165, 1.54) is 37.7 Å². The van der Waals surface area contributed by atoms with Gasteiger partial charge < -0.3 is 9.47 Å². The van der Waals surface area contributed by atoms with Gasteiger partial charge in [-0.15, -0.1) is 0 Å². The number of hydrogen-bond acceptors (Lipinski definition) is 2. The molecule has 1 aromatic carbocycles. The maximum absolute atomic E-state index is 5.86. The summed E-state index contributed by atoms with van der Waals surface area (Å²) in [4.78, 5) is 0. The first-order valence-corrected chi connectivity index (χ1v) is 7.18. The molecule has 0 N–H and O–H groups in total. The summed E-state index contributed by atoms with van der Waals surface area (Å²) in [5.41, 5.74) is 1.24. The van der Waals surface area contributed by atoms with Gasteiger partial charge in [-0.25, -0.2) is 0 Å². The zero-order valence-corrected chi connectivity index (χ0v) is 11.1. The number of rotatable bonds is 7. The Morgan fingerprint density at radius 1 is 0.944 bits per heavy atom. The Morgan fingerprint density at radius 3 is 2.50 bits per heavy atom. The largest absolute Gasteiger partial charge is 0.378 e. The molecule has 0 saturated heterocycles. The van der Waals surface area contributed by atoms with Crippen molar-refractivity contribution >= 4 is 0 Å². The van der Waals surface area contributed by atoms with Gasteiger partial charge in [0.1, 0.15) is 0 Å². The fraction of sp³-hybridized carbons (Fsp3) is 0.625. The van der Waals surface area contributed by atoms with Crippen molar-refractivity contribution in [2.75, 3.05) is 13.2 Å². The molecule has 1 fully saturated rings. The lowest BCUT2D eigenvalue weighted by molar-refractivity contribution is 0.0122. The minimum absolute atomic E-state index is 0.521. The van der Waals surface area contributed by atoms with E-state index >= 15 is 0 Å². The summed E-state index contributed by atoms with van der Waals surface area (Å²) in [5, 5.41) is 0. The van der Waals surface area contributed by atoms with Crippen molar-refractivity contribution in [2.45, 2.75) is 51.2 Å². The lowest BCUT2D eigenvalue weighted by Crippen LogP contribution is -2.17. The summed E-state index contributed by atoms with van der Waals surface area (Å²) >= 11 is 0. The second kappa shape index (κ2) is 8.28. The van der Waals surface area contributed by atoms with E-state index < -0.39 is 0 Å². The van der Waals surface area contributed by atoms with E-state index in [0.717, 1.165) is 19.6 Å². The van der Waals surface area contributed by atoms with E-state index in [-0.39, 0.29) is 0 Å². The minimum atomic E-state index is 0.521. The van der Waals surface area contributed by atoms with Crippen molar-refractivity contribution in [2.24, 2.45) is 0 Å². The Morgan fingerprint density at radius 2 is 1.72 bits per heavy atom. The molecule has 1 aliphatic carbocycles. The van der Waals surface area contributed by atoms with Gasteiger partial charge in [0.2, 0.25) is 0 Å². The molecular weight excluding hydrogens is 224 g/mol. The van der Waals surface area contributed by atoms with Crippen LogP contribution < -0.4 is 0 Å². The third-order valence-corrected chi connectivity index (χ3v) is 3.45. The first-order chi connectivity index (χ1) is 8.95. The van der Waals surface area contributed by atoms with Crippen LogP contribution in [0.25, 0.3) is 0 Å². The first-order valence-electron chi connectivity index (χ1n) is 7.18. The molecule has 0 bridgehead atoms. The molecule has 0 radical (unpaired) electrons. The quantitative estimate of drug-likeness (QED) is 0.680. The van der Waals surface area contributed by atoms with Crippen LogP contribution in [-0.4, -0.2) is 19.3 Å². The van der Waals surface area contributed by atoms with E-state index in [0.29, 0.717) is 12.7 Å². The van der Waals surface area contributed by atoms with Crippen LogP contribution in [0.2, 0.25) is 0 Å². The molecule has 2 rings (SSSR count). The Hall–Kier alpha value is -0.860. The Labute approximate surface area is 110 Å². The Kier molecular flexibility index (Phi) is 6.24. The van der Waals surface area contributed by atoms with Crippen LogP contribution >= 0.6 is 0 Å². The molecule has 18 heavy (non-hydrogen) atoms. The minimum Gasteiger partial charge on any atom is -0.378 e. The topological polar surface area (TPSA) is 18.5 Å². The average Bonchev–Trinajstić information content (AvgIpc) is 2.45. The van der Waals surface area contributed by atoms with Crippen LogP contribution in [0.1, 0.15) is 44.1 Å². The maximum Gasteiger partial charge on any atom is 0.0716 e. The second-order valence-corrected chi connectivity index (χ2v) is 5.02. The molecule has 0 atom stereocenters. The molecule has 0 aliphatic heterocycles. The van der Waals surface area contributed by atoms with E-state index in [9.17, 15) is 0 Å². The molecule has 0 amide bonds. The third kappa shape index (κ3) is 5.19. The Balaban J connectivity index is 1.46. The van der Waals surface area contributed by atoms with E-state index in [1.807, 2.05) is 18.2 Å². The third-order valence-electron chi connectivity index (χ3n) is 3.45. The molecule has 2 nitrogen and oxygen atoms in total. The fourth-order valence-corrected chi connectivity index (χ4v) is 2.41. The molecule has 0 aromatic heterocycles. The van der Waals surface area contributed by atoms with E-state index in [2.05, 4.69) is 12.1 Å². The molecule has 1 saturated carbocycles. The Bertz CT molecular complexity index is 304. The van der Waals surface area contributed by atoms with Gasteiger partial charge in [-0.1, -0.05) is 49.6 Å². The molecule has 0 spiro atoms. The van der Waals surface area contributed by atoms with Gasteiger partial charge in [0.15, 0.2) is 0 Å². The van der Waals surface area contributed by atoms with Crippen molar-refractivity contribution in [3.05, 3.63) is 35.9 Å². The van der Waals surface area contributed by atoms with Gasteiger partial charge in [-0.2, -0.15) is 0 Å². The highest BCUT2D eigenvalue weighted by molar-refractivity contribution is 5.13. The fourth-order valence-electron chi connectivity index (χ4n) is 2.41. The summed E-state index contributed by atoms with van der Waals surface area (Å²) in [6.45, 7) is 2.35. The summed E-state index contributed by atoms with van der Waals surface area (Å²) in [5.74, 6) is 0. The van der Waals surface area contributed by atoms with Crippen LogP contribution in [0.5, 0.6) is 0 Å². The second-order valence-electron chi connectivity index (χ2n) is 5.02. The van der Waals surface area contributed by atoms with E-state index in [1.54, 1.807) is 0 Å². The molecule has 0 heterocycles. The molecular formula is C16H24O2. The van der Waals surface area contributed by atoms with Crippen LogP contribution in [0.4, 0.5) is 0 Å². The monoisotopic (exact) mass is 248 g/mol. The van der Waals surface area contributed by atoms with Gasteiger partial charge in [0.05, 0.1) is 12.7 Å². The predicted molar refractivity (Wildman–Crippen MR) is 73.5 cm³/mol. The van der Waals surface area contributed by atoms with Crippen LogP contribution in [0.3, 0.4) is 0 Å². The van der Waals surface area contributed by atoms with Gasteiger partial charge in [-0.3, -0.25) is 0 Å². The molecule has 2 heteroatoms. The number of hydrogen-bond donors (Lipinski definition) is 0. The van der Waals surface area contributed by atoms with Crippen molar-refractivity contribution in [1.29, 1.82) is 0 Å². The smallest absolute Gasteiger partial charge is 0.0716 e. The highest BCUT2D eigenvalue weighted by Crippen LogP contribution is 2.20. The van der Waals surface area contributed by atoms with Crippen LogP contribution in [-0.2, 0) is 16.1 Å². The molecule has 1 aliphatic rings. The zero-order chi connectivity index (χ0) is 12.5. The summed E-state index contributed by atoms with van der Waals surface area (Å²) in [7, 11) is 0.